The summed E-state index contributed by atoms with van der Waals surface area (Å²) in [6.07, 6.45) is 5.07. The monoisotopic (exact) mass is 540 g/mol. The zero-order valence-electron chi connectivity index (χ0n) is 19.8. The van der Waals surface area contributed by atoms with Gasteiger partial charge in [0.2, 0.25) is 16.9 Å². The summed E-state index contributed by atoms with van der Waals surface area (Å²) in [5.41, 5.74) is 0.541. The van der Waals surface area contributed by atoms with Gasteiger partial charge in [0.1, 0.15) is 9.88 Å². The number of carbonyl (C=O) groups excluding carboxylic acids is 4. The largest absolute Gasteiger partial charge is 0.462 e. The molecule has 35 heavy (non-hydrogen) atoms. The van der Waals surface area contributed by atoms with E-state index in [-0.39, 0.29) is 52.1 Å². The molecule has 2 aromatic rings. The third-order valence-electron chi connectivity index (χ3n) is 5.28. The van der Waals surface area contributed by atoms with Gasteiger partial charge >= 0.3 is 11.9 Å². The first-order chi connectivity index (χ1) is 16.8. The molecule has 2 N–H and O–H groups in total. The first-order valence-corrected chi connectivity index (χ1v) is 14.0. The SMILES string of the molecule is CCOC(=O)c1sc(NC(=O)CSc2nnc(NC(=O)C3CCCCC3)s2)c(C(=O)OCC)c1C. The highest BCUT2D eigenvalue weighted by atomic mass is 32.2. The minimum absolute atomic E-state index is 0.000836. The maximum atomic E-state index is 12.6. The van der Waals surface area contributed by atoms with E-state index >= 15 is 0 Å². The van der Waals surface area contributed by atoms with Crippen molar-refractivity contribution in [1.82, 2.24) is 10.2 Å². The standard InChI is InChI=1S/C22H28N4O6S3/c1-4-31-19(29)15-12(3)16(20(30)32-5-2)34-18(15)23-14(27)11-33-22-26-25-21(35-22)24-17(28)13-9-7-6-8-10-13/h13H,4-11H2,1-3H3,(H,23,27)(H,24,25,28). The second-order valence-corrected chi connectivity index (χ2v) is 11.0. The number of amides is 2. The summed E-state index contributed by atoms with van der Waals surface area (Å²) in [6.45, 7) is 5.32. The Hall–Kier alpha value is -2.51. The lowest BCUT2D eigenvalue weighted by molar-refractivity contribution is -0.120. The number of hydrogen-bond donors (Lipinski definition) is 2. The molecule has 1 aliphatic rings. The van der Waals surface area contributed by atoms with Crippen LogP contribution in [0.4, 0.5) is 10.1 Å². The molecule has 0 unspecified atom stereocenters. The van der Waals surface area contributed by atoms with Gasteiger partial charge in [-0.05, 0) is 39.2 Å². The molecule has 10 nitrogen and oxygen atoms in total. The Morgan fingerprint density at radius 2 is 1.66 bits per heavy atom. The van der Waals surface area contributed by atoms with E-state index in [1.807, 2.05) is 0 Å². The van der Waals surface area contributed by atoms with Crippen LogP contribution >= 0.6 is 34.4 Å². The molecule has 1 aliphatic carbocycles. The van der Waals surface area contributed by atoms with Crippen molar-refractivity contribution in [3.05, 3.63) is 16.0 Å². The van der Waals surface area contributed by atoms with Crippen LogP contribution in [0, 0.1) is 12.8 Å². The molecule has 3 rings (SSSR count). The van der Waals surface area contributed by atoms with Crippen molar-refractivity contribution in [2.45, 2.75) is 57.2 Å². The van der Waals surface area contributed by atoms with Crippen LogP contribution in [0.2, 0.25) is 0 Å². The summed E-state index contributed by atoms with van der Waals surface area (Å²) in [4.78, 5) is 50.0. The Morgan fingerprint density at radius 3 is 2.34 bits per heavy atom. The first kappa shape index (κ1) is 27.1. The lowest BCUT2D eigenvalue weighted by atomic mass is 9.89. The minimum atomic E-state index is -0.623. The van der Waals surface area contributed by atoms with Crippen molar-refractivity contribution in [2.24, 2.45) is 5.92 Å². The highest BCUT2D eigenvalue weighted by Crippen LogP contribution is 2.35. The normalized spacial score (nSPS) is 13.8. The quantitative estimate of drug-likeness (QED) is 0.253. The summed E-state index contributed by atoms with van der Waals surface area (Å²) < 4.78 is 10.7. The Labute approximate surface area is 215 Å². The zero-order valence-corrected chi connectivity index (χ0v) is 22.3. The molecule has 0 bridgehead atoms. The average Bonchev–Trinajstić information content (AvgIpc) is 3.42. The molecule has 2 amide bonds. The lowest BCUT2D eigenvalue weighted by Crippen LogP contribution is -2.24. The number of thioether (sulfide) groups is 1. The number of ether oxygens (including phenoxy) is 2. The third kappa shape index (κ3) is 7.24. The Bertz CT molecular complexity index is 1080. The Morgan fingerprint density at radius 1 is 0.971 bits per heavy atom. The highest BCUT2D eigenvalue weighted by Gasteiger charge is 2.27. The van der Waals surface area contributed by atoms with Crippen molar-refractivity contribution in [1.29, 1.82) is 0 Å². The highest BCUT2D eigenvalue weighted by molar-refractivity contribution is 8.01. The second kappa shape index (κ2) is 13.0. The smallest absolute Gasteiger partial charge is 0.348 e. The summed E-state index contributed by atoms with van der Waals surface area (Å²) in [6, 6.07) is 0. The average molecular weight is 541 g/mol. The van der Waals surface area contributed by atoms with Gasteiger partial charge in [-0.1, -0.05) is 42.4 Å². The lowest BCUT2D eigenvalue weighted by Gasteiger charge is -2.19. The van der Waals surface area contributed by atoms with E-state index in [2.05, 4.69) is 20.8 Å². The van der Waals surface area contributed by atoms with Gasteiger partial charge in [-0.3, -0.25) is 9.59 Å². The Balaban J connectivity index is 1.61. The summed E-state index contributed by atoms with van der Waals surface area (Å²) in [7, 11) is 0. The van der Waals surface area contributed by atoms with Gasteiger partial charge in [0.25, 0.3) is 0 Å². The van der Waals surface area contributed by atoms with Gasteiger partial charge in [-0.25, -0.2) is 9.59 Å². The zero-order chi connectivity index (χ0) is 25.4. The second-order valence-electron chi connectivity index (χ2n) is 7.74. The molecule has 0 atom stereocenters. The molecule has 0 radical (unpaired) electrons. The molecule has 0 aliphatic heterocycles. The molecule has 0 spiro atoms. The van der Waals surface area contributed by atoms with Crippen LogP contribution < -0.4 is 10.6 Å². The van der Waals surface area contributed by atoms with Crippen LogP contribution in [0.3, 0.4) is 0 Å². The number of aromatic nitrogens is 2. The molecule has 190 valence electrons. The van der Waals surface area contributed by atoms with Crippen LogP contribution in [-0.2, 0) is 19.1 Å². The predicted octanol–water partition coefficient (Wildman–Crippen LogP) is 4.51. The number of thiophene rings is 1. The fourth-order valence-corrected chi connectivity index (χ4v) is 6.28. The molecule has 2 heterocycles. The number of carbonyl (C=O) groups is 4. The first-order valence-electron chi connectivity index (χ1n) is 11.4. The number of nitrogens with one attached hydrogen (secondary N) is 2. The van der Waals surface area contributed by atoms with Crippen molar-refractivity contribution in [3.63, 3.8) is 0 Å². The summed E-state index contributed by atoms with van der Waals surface area (Å²) in [5.74, 6) is -1.60. The molecule has 2 aromatic heterocycles. The van der Waals surface area contributed by atoms with E-state index in [0.29, 0.717) is 15.0 Å². The van der Waals surface area contributed by atoms with Crippen molar-refractivity contribution in [2.75, 3.05) is 29.6 Å². The van der Waals surface area contributed by atoms with Crippen LogP contribution in [-0.4, -0.2) is 52.9 Å². The van der Waals surface area contributed by atoms with E-state index in [9.17, 15) is 19.2 Å². The molecule has 0 aromatic carbocycles. The Kier molecular flexibility index (Phi) is 10.0. The predicted molar refractivity (Wildman–Crippen MR) is 135 cm³/mol. The summed E-state index contributed by atoms with van der Waals surface area (Å²) >= 11 is 3.33. The van der Waals surface area contributed by atoms with Gasteiger partial charge < -0.3 is 20.1 Å². The van der Waals surface area contributed by atoms with Gasteiger partial charge in [0.15, 0.2) is 4.34 Å². The summed E-state index contributed by atoms with van der Waals surface area (Å²) in [5, 5.41) is 14.2. The van der Waals surface area contributed by atoms with E-state index in [0.717, 1.165) is 48.8 Å². The minimum Gasteiger partial charge on any atom is -0.462 e. The van der Waals surface area contributed by atoms with Crippen molar-refractivity contribution in [3.8, 4) is 0 Å². The van der Waals surface area contributed by atoms with Crippen molar-refractivity contribution >= 4 is 68.3 Å². The van der Waals surface area contributed by atoms with Gasteiger partial charge in [0.05, 0.1) is 24.5 Å². The topological polar surface area (TPSA) is 137 Å². The fourth-order valence-electron chi connectivity index (χ4n) is 3.62. The number of rotatable bonds is 10. The van der Waals surface area contributed by atoms with E-state index in [1.165, 1.54) is 17.8 Å². The molecular weight excluding hydrogens is 512 g/mol. The van der Waals surface area contributed by atoms with Crippen LogP contribution in [0.1, 0.15) is 71.5 Å². The molecule has 1 saturated carbocycles. The number of anilines is 2. The molecular formula is C22H28N4O6S3. The van der Waals surface area contributed by atoms with Gasteiger partial charge in [-0.2, -0.15) is 0 Å². The number of nitrogens with zero attached hydrogens (tertiary/aromatic N) is 2. The third-order valence-corrected chi connectivity index (χ3v) is 8.44. The van der Waals surface area contributed by atoms with E-state index in [4.69, 9.17) is 9.47 Å². The fraction of sp³-hybridized carbons (Fsp3) is 0.545. The van der Waals surface area contributed by atoms with Gasteiger partial charge in [-0.15, -0.1) is 21.5 Å². The van der Waals surface area contributed by atoms with E-state index < -0.39 is 11.9 Å². The van der Waals surface area contributed by atoms with Crippen LogP contribution in [0.15, 0.2) is 4.34 Å². The van der Waals surface area contributed by atoms with Crippen molar-refractivity contribution < 1.29 is 28.7 Å². The number of esters is 2. The maximum absolute atomic E-state index is 12.6. The van der Waals surface area contributed by atoms with Crippen LogP contribution in [0.5, 0.6) is 0 Å². The molecule has 0 saturated heterocycles. The van der Waals surface area contributed by atoms with E-state index in [1.54, 1.807) is 20.8 Å². The number of hydrogen-bond acceptors (Lipinski definition) is 11. The maximum Gasteiger partial charge on any atom is 0.348 e. The van der Waals surface area contributed by atoms with Gasteiger partial charge in [0, 0.05) is 5.92 Å². The molecule has 1 fully saturated rings. The van der Waals surface area contributed by atoms with Crippen LogP contribution in [0.25, 0.3) is 0 Å². The molecule has 13 heteroatoms.